The molecule has 0 saturated heterocycles. The summed E-state index contributed by atoms with van der Waals surface area (Å²) < 4.78 is 0. The molecule has 6 aromatic rings. The van der Waals surface area contributed by atoms with Gasteiger partial charge in [-0.2, -0.15) is 0 Å². The monoisotopic (exact) mass is 500 g/mol. The van der Waals surface area contributed by atoms with Crippen molar-refractivity contribution in [3.8, 4) is 33.6 Å². The predicted octanol–water partition coefficient (Wildman–Crippen LogP) is 5.91. The molecule has 1 fully saturated rings. The van der Waals surface area contributed by atoms with Crippen molar-refractivity contribution in [2.45, 2.75) is 32.2 Å². The number of aromatic nitrogens is 7. The van der Waals surface area contributed by atoms with Gasteiger partial charge in [-0.3, -0.25) is 15.0 Å². The van der Waals surface area contributed by atoms with E-state index in [1.807, 2.05) is 49.3 Å². The van der Waals surface area contributed by atoms with Crippen LogP contribution in [0.5, 0.6) is 0 Å². The van der Waals surface area contributed by atoms with E-state index in [2.05, 4.69) is 42.4 Å². The molecule has 38 heavy (non-hydrogen) atoms. The van der Waals surface area contributed by atoms with Crippen LogP contribution in [0.1, 0.15) is 31.2 Å². The number of rotatable bonds is 7. The Hall–Kier alpha value is -4.43. The predicted molar refractivity (Wildman–Crippen MR) is 149 cm³/mol. The van der Waals surface area contributed by atoms with E-state index in [-0.39, 0.29) is 0 Å². The quantitative estimate of drug-likeness (QED) is 0.252. The fourth-order valence-electron chi connectivity index (χ4n) is 5.54. The third kappa shape index (κ3) is 4.33. The lowest BCUT2D eigenvalue weighted by atomic mass is 10.1. The number of nitrogens with one attached hydrogen (secondary N) is 3. The van der Waals surface area contributed by atoms with Gasteiger partial charge in [-0.05, 0) is 60.7 Å². The van der Waals surface area contributed by atoms with Crippen molar-refractivity contribution in [2.24, 2.45) is 5.92 Å². The summed E-state index contributed by atoms with van der Waals surface area (Å²) in [5.41, 5.74) is 8.81. The summed E-state index contributed by atoms with van der Waals surface area (Å²) in [6.07, 6.45) is 20.4. The molecule has 6 heterocycles. The zero-order valence-electron chi connectivity index (χ0n) is 21.0. The van der Waals surface area contributed by atoms with Crippen LogP contribution >= 0.6 is 0 Å². The largest absolute Gasteiger partial charge is 0.345 e. The summed E-state index contributed by atoms with van der Waals surface area (Å²) in [6.45, 7) is 1.91. The maximum atomic E-state index is 4.98. The molecule has 3 N–H and O–H groups in total. The average Bonchev–Trinajstić information content (AvgIpc) is 3.73. The first-order chi connectivity index (χ1) is 18.8. The second-order valence-electron chi connectivity index (χ2n) is 10.1. The Morgan fingerprint density at radius 2 is 1.68 bits per heavy atom. The fraction of sp³-hybridized carbons (Fsp3) is 0.233. The molecule has 8 heteroatoms. The van der Waals surface area contributed by atoms with Gasteiger partial charge in [-0.1, -0.05) is 12.8 Å². The van der Waals surface area contributed by atoms with E-state index in [1.54, 1.807) is 12.4 Å². The van der Waals surface area contributed by atoms with E-state index in [1.165, 1.54) is 31.2 Å². The van der Waals surface area contributed by atoms with Crippen LogP contribution < -0.4 is 5.32 Å². The Bertz CT molecular complexity index is 1710. The minimum Gasteiger partial charge on any atom is -0.345 e. The van der Waals surface area contributed by atoms with Gasteiger partial charge in [0.2, 0.25) is 0 Å². The van der Waals surface area contributed by atoms with Gasteiger partial charge in [0.25, 0.3) is 0 Å². The van der Waals surface area contributed by atoms with E-state index in [0.29, 0.717) is 0 Å². The van der Waals surface area contributed by atoms with Gasteiger partial charge < -0.3 is 15.3 Å². The van der Waals surface area contributed by atoms with Gasteiger partial charge in [-0.15, -0.1) is 0 Å². The molecule has 1 saturated carbocycles. The Kier molecular flexibility index (Phi) is 5.86. The molecule has 0 atom stereocenters. The van der Waals surface area contributed by atoms with Crippen molar-refractivity contribution in [3.05, 3.63) is 79.4 Å². The van der Waals surface area contributed by atoms with Crippen LogP contribution in [-0.2, 0) is 6.54 Å². The maximum absolute atomic E-state index is 4.98. The molecule has 6 aromatic heterocycles. The third-order valence-electron chi connectivity index (χ3n) is 7.54. The van der Waals surface area contributed by atoms with Gasteiger partial charge in [0.1, 0.15) is 11.5 Å². The lowest BCUT2D eigenvalue weighted by Crippen LogP contribution is -2.20. The number of hydrogen-bond acceptors (Lipinski definition) is 6. The van der Waals surface area contributed by atoms with Crippen LogP contribution in [0.4, 0.5) is 0 Å². The first kappa shape index (κ1) is 22.7. The molecule has 188 valence electrons. The molecule has 0 unspecified atom stereocenters. The highest BCUT2D eigenvalue weighted by Gasteiger charge is 2.16. The molecule has 0 spiro atoms. The van der Waals surface area contributed by atoms with Crippen LogP contribution in [0.3, 0.4) is 0 Å². The van der Waals surface area contributed by atoms with Crippen molar-refractivity contribution < 1.29 is 0 Å². The first-order valence-corrected chi connectivity index (χ1v) is 13.2. The Morgan fingerprint density at radius 3 is 2.58 bits per heavy atom. The Morgan fingerprint density at radius 1 is 0.842 bits per heavy atom. The van der Waals surface area contributed by atoms with E-state index < -0.39 is 0 Å². The molecule has 0 aromatic carbocycles. The number of imidazole rings is 1. The van der Waals surface area contributed by atoms with Crippen LogP contribution in [0, 0.1) is 5.92 Å². The van der Waals surface area contributed by atoms with Gasteiger partial charge >= 0.3 is 0 Å². The summed E-state index contributed by atoms with van der Waals surface area (Å²) in [4.78, 5) is 29.5. The van der Waals surface area contributed by atoms with E-state index in [4.69, 9.17) is 9.97 Å². The number of fused-ring (bicyclic) bond motifs is 2. The maximum Gasteiger partial charge on any atom is 0.140 e. The second-order valence-corrected chi connectivity index (χ2v) is 10.1. The number of pyridine rings is 4. The third-order valence-corrected chi connectivity index (χ3v) is 7.54. The molecule has 0 bridgehead atoms. The number of aromatic amines is 2. The van der Waals surface area contributed by atoms with E-state index in [9.17, 15) is 0 Å². The fourth-order valence-corrected chi connectivity index (χ4v) is 5.54. The van der Waals surface area contributed by atoms with Gasteiger partial charge in [0.05, 0.1) is 17.2 Å². The zero-order valence-corrected chi connectivity index (χ0v) is 21.0. The Labute approximate surface area is 220 Å². The zero-order chi connectivity index (χ0) is 25.3. The highest BCUT2D eigenvalue weighted by Crippen LogP contribution is 2.33. The minimum absolute atomic E-state index is 0.775. The normalized spacial score (nSPS) is 14.1. The van der Waals surface area contributed by atoms with Crippen LogP contribution in [0.25, 0.3) is 55.7 Å². The topological polar surface area (TPSA) is 108 Å². The highest BCUT2D eigenvalue weighted by molar-refractivity contribution is 5.98. The molecule has 1 aliphatic rings. The lowest BCUT2D eigenvalue weighted by Gasteiger charge is -2.11. The molecule has 0 radical (unpaired) electrons. The summed E-state index contributed by atoms with van der Waals surface area (Å²) in [7, 11) is 0. The second kappa shape index (κ2) is 9.79. The van der Waals surface area contributed by atoms with Crippen molar-refractivity contribution in [1.29, 1.82) is 0 Å². The van der Waals surface area contributed by atoms with Gasteiger partial charge in [-0.25, -0.2) is 9.97 Å². The number of hydrogen-bond donors (Lipinski definition) is 3. The van der Waals surface area contributed by atoms with E-state index >= 15 is 0 Å². The van der Waals surface area contributed by atoms with Crippen molar-refractivity contribution in [3.63, 3.8) is 0 Å². The average molecular weight is 501 g/mol. The molecule has 0 aliphatic heterocycles. The first-order valence-electron chi connectivity index (χ1n) is 13.2. The molecule has 0 amide bonds. The molecular formula is C30H28N8. The standard InChI is InChI=1S/C30H28N8/c1-2-4-19(3-1)11-32-12-20-9-22(14-33-13-20)23-10-24-26(17-36-29(24)35-15-23)30-37-27-18-34-16-25(28(27)38-30)21-5-7-31-8-6-21/h5-10,13-19,32H,1-4,11-12H2,(H,35,36)(H,37,38). The smallest absolute Gasteiger partial charge is 0.140 e. The van der Waals surface area contributed by atoms with Crippen LogP contribution in [-0.4, -0.2) is 41.4 Å². The molecule has 7 rings (SSSR count). The summed E-state index contributed by atoms with van der Waals surface area (Å²) in [5.74, 6) is 1.59. The van der Waals surface area contributed by atoms with Crippen molar-refractivity contribution in [2.75, 3.05) is 6.54 Å². The summed E-state index contributed by atoms with van der Waals surface area (Å²) >= 11 is 0. The highest BCUT2D eigenvalue weighted by atomic mass is 14.9. The number of nitrogens with zero attached hydrogens (tertiary/aromatic N) is 5. The van der Waals surface area contributed by atoms with Crippen molar-refractivity contribution >= 4 is 22.1 Å². The number of H-pyrrole nitrogens is 2. The van der Waals surface area contributed by atoms with Gasteiger partial charge in [0, 0.05) is 77.6 Å². The van der Waals surface area contributed by atoms with E-state index in [0.717, 1.165) is 74.7 Å². The van der Waals surface area contributed by atoms with Gasteiger partial charge in [0.15, 0.2) is 0 Å². The minimum atomic E-state index is 0.775. The van der Waals surface area contributed by atoms with Crippen LogP contribution in [0.2, 0.25) is 0 Å². The summed E-state index contributed by atoms with van der Waals surface area (Å²) in [6, 6.07) is 8.31. The molecule has 1 aliphatic carbocycles. The molecule has 8 nitrogen and oxygen atoms in total. The van der Waals surface area contributed by atoms with Crippen LogP contribution in [0.15, 0.2) is 73.8 Å². The van der Waals surface area contributed by atoms with Crippen molar-refractivity contribution in [1.82, 2.24) is 40.2 Å². The molecular weight excluding hydrogens is 472 g/mol. The Balaban J connectivity index is 1.20. The lowest BCUT2D eigenvalue weighted by molar-refractivity contribution is 0.489. The summed E-state index contributed by atoms with van der Waals surface area (Å²) in [5, 5.41) is 4.63. The SMILES string of the molecule is c1cc(-c2cncc3[nH]c(-c4c[nH]c5ncc(-c6cncc(CNCC7CCCC7)c6)cc45)nc23)ccn1.